The SMILES string of the molecule is C/C(=C/c1ccc(N)cc1)NC(O)[C@H]1CCCCC1c1ccc(CN(C(=O)Oc2cccc(C)c2C)C2CC2)cc1. The number of rotatable bonds is 9. The van der Waals surface area contributed by atoms with Crippen LogP contribution in [0.2, 0.25) is 0 Å². The fraction of sp³-hybridized carbons (Fsp3) is 0.400. The molecule has 0 bridgehead atoms. The summed E-state index contributed by atoms with van der Waals surface area (Å²) in [6.07, 6.45) is 7.47. The van der Waals surface area contributed by atoms with Gasteiger partial charge in [-0.25, -0.2) is 4.79 Å². The number of hydrogen-bond acceptors (Lipinski definition) is 5. The van der Waals surface area contributed by atoms with Crippen LogP contribution in [0.5, 0.6) is 5.75 Å². The first kappa shape index (κ1) is 28.7. The van der Waals surface area contributed by atoms with Crippen molar-refractivity contribution in [3.05, 3.63) is 100 Å². The lowest BCUT2D eigenvalue weighted by Crippen LogP contribution is -2.39. The zero-order valence-corrected chi connectivity index (χ0v) is 24.5. The third-order valence-corrected chi connectivity index (χ3v) is 8.66. The first-order valence-electron chi connectivity index (χ1n) is 14.9. The first-order chi connectivity index (χ1) is 19.8. The number of aliphatic hydroxyl groups is 1. The van der Waals surface area contributed by atoms with Crippen molar-refractivity contribution in [2.24, 2.45) is 5.92 Å². The van der Waals surface area contributed by atoms with E-state index in [9.17, 15) is 9.90 Å². The topological polar surface area (TPSA) is 87.8 Å². The Kier molecular flexibility index (Phi) is 8.99. The molecule has 0 heterocycles. The van der Waals surface area contributed by atoms with Crippen molar-refractivity contribution in [1.29, 1.82) is 0 Å². The molecule has 0 saturated heterocycles. The summed E-state index contributed by atoms with van der Waals surface area (Å²) in [5.41, 5.74) is 13.0. The summed E-state index contributed by atoms with van der Waals surface area (Å²) in [6, 6.07) is 22.4. The van der Waals surface area contributed by atoms with Gasteiger partial charge in [0.2, 0.25) is 0 Å². The van der Waals surface area contributed by atoms with Crippen molar-refractivity contribution in [1.82, 2.24) is 10.2 Å². The van der Waals surface area contributed by atoms with Crippen LogP contribution in [0.1, 0.15) is 79.2 Å². The minimum Gasteiger partial charge on any atom is -0.410 e. The van der Waals surface area contributed by atoms with Crippen LogP contribution in [0.4, 0.5) is 10.5 Å². The summed E-state index contributed by atoms with van der Waals surface area (Å²) >= 11 is 0. The minimum absolute atomic E-state index is 0.125. The van der Waals surface area contributed by atoms with Gasteiger partial charge in [0.1, 0.15) is 12.0 Å². The Morgan fingerprint density at radius 2 is 1.73 bits per heavy atom. The van der Waals surface area contributed by atoms with Crippen molar-refractivity contribution in [3.8, 4) is 5.75 Å². The van der Waals surface area contributed by atoms with Gasteiger partial charge in [0.05, 0.1) is 0 Å². The van der Waals surface area contributed by atoms with Crippen LogP contribution in [-0.2, 0) is 6.54 Å². The molecule has 3 atom stereocenters. The Balaban J connectivity index is 1.24. The first-order valence-corrected chi connectivity index (χ1v) is 14.9. The second kappa shape index (κ2) is 12.8. The van der Waals surface area contributed by atoms with E-state index >= 15 is 0 Å². The fourth-order valence-electron chi connectivity index (χ4n) is 5.96. The summed E-state index contributed by atoms with van der Waals surface area (Å²) in [5, 5.41) is 14.6. The summed E-state index contributed by atoms with van der Waals surface area (Å²) < 4.78 is 5.84. The lowest BCUT2D eigenvalue weighted by molar-refractivity contribution is 0.0517. The van der Waals surface area contributed by atoms with Crippen molar-refractivity contribution in [2.75, 3.05) is 5.73 Å². The number of ether oxygens (including phenoxy) is 1. The molecule has 0 spiro atoms. The predicted molar refractivity (Wildman–Crippen MR) is 165 cm³/mol. The van der Waals surface area contributed by atoms with Gasteiger partial charge in [-0.1, -0.05) is 61.4 Å². The maximum Gasteiger partial charge on any atom is 0.415 e. The molecule has 5 rings (SSSR count). The average Bonchev–Trinajstić information content (AvgIpc) is 3.81. The molecule has 41 heavy (non-hydrogen) atoms. The van der Waals surface area contributed by atoms with E-state index in [0.717, 1.165) is 72.2 Å². The quantitative estimate of drug-likeness (QED) is 0.191. The van der Waals surface area contributed by atoms with Crippen LogP contribution in [-0.4, -0.2) is 28.4 Å². The lowest BCUT2D eigenvalue weighted by atomic mass is 9.74. The molecule has 1 amide bonds. The van der Waals surface area contributed by atoms with Gasteiger partial charge in [0.15, 0.2) is 0 Å². The number of aliphatic hydroxyl groups excluding tert-OH is 1. The number of benzene rings is 3. The molecule has 4 N–H and O–H groups in total. The number of hydrogen-bond donors (Lipinski definition) is 3. The molecule has 216 valence electrons. The van der Waals surface area contributed by atoms with Crippen LogP contribution in [0.15, 0.2) is 72.4 Å². The standard InChI is InChI=1S/C35H43N3O3/c1-23-7-6-10-33(25(23)3)41-35(40)38(30-19-20-30)22-27-11-15-28(16-12-27)31-8-4-5-9-32(31)34(39)37-24(2)21-26-13-17-29(36)18-14-26/h6-7,10-18,21,30-32,34,37,39H,4-5,8-9,19-20,22,36H2,1-3H3/b24-21-/t31?,32-,34?/m0/s1. The Labute approximate surface area is 244 Å². The van der Waals surface area contributed by atoms with E-state index in [1.165, 1.54) is 5.56 Å². The predicted octanol–water partition coefficient (Wildman–Crippen LogP) is 7.29. The van der Waals surface area contributed by atoms with Crippen molar-refractivity contribution >= 4 is 17.9 Å². The monoisotopic (exact) mass is 553 g/mol. The van der Waals surface area contributed by atoms with E-state index in [4.69, 9.17) is 10.5 Å². The van der Waals surface area contributed by atoms with Crippen LogP contribution >= 0.6 is 0 Å². The molecular formula is C35H43N3O3. The Morgan fingerprint density at radius 3 is 2.44 bits per heavy atom. The highest BCUT2D eigenvalue weighted by atomic mass is 16.6. The van der Waals surface area contributed by atoms with Crippen LogP contribution in [0.25, 0.3) is 6.08 Å². The fourth-order valence-corrected chi connectivity index (χ4v) is 5.96. The summed E-state index contributed by atoms with van der Waals surface area (Å²) in [6.45, 7) is 6.53. The molecule has 2 unspecified atom stereocenters. The van der Waals surface area contributed by atoms with Crippen LogP contribution in [0.3, 0.4) is 0 Å². The molecule has 0 aliphatic heterocycles. The Morgan fingerprint density at radius 1 is 1.02 bits per heavy atom. The molecule has 3 aromatic carbocycles. The normalized spacial score (nSPS) is 19.9. The number of anilines is 1. The molecule has 2 saturated carbocycles. The number of nitrogen functional groups attached to an aromatic ring is 1. The number of nitrogens with two attached hydrogens (primary N) is 1. The maximum absolute atomic E-state index is 13.2. The van der Waals surface area contributed by atoms with Gasteiger partial charge in [-0.2, -0.15) is 0 Å². The van der Waals surface area contributed by atoms with Gasteiger partial charge in [0.25, 0.3) is 0 Å². The third-order valence-electron chi connectivity index (χ3n) is 8.66. The van der Waals surface area contributed by atoms with Crippen molar-refractivity contribution in [2.45, 2.75) is 84.0 Å². The summed E-state index contributed by atoms with van der Waals surface area (Å²) in [7, 11) is 0. The highest BCUT2D eigenvalue weighted by Crippen LogP contribution is 2.40. The largest absolute Gasteiger partial charge is 0.415 e. The molecule has 6 heteroatoms. The molecule has 6 nitrogen and oxygen atoms in total. The van der Waals surface area contributed by atoms with E-state index in [-0.39, 0.29) is 24.0 Å². The van der Waals surface area contributed by atoms with Crippen LogP contribution < -0.4 is 15.8 Å². The maximum atomic E-state index is 13.2. The molecule has 3 aromatic rings. The number of carbonyl (C=O) groups excluding carboxylic acids is 1. The molecule has 2 aliphatic rings. The number of amides is 1. The number of aryl methyl sites for hydroxylation is 1. The van der Waals surface area contributed by atoms with Gasteiger partial charge in [-0.15, -0.1) is 0 Å². The van der Waals surface area contributed by atoms with E-state index in [1.54, 1.807) is 0 Å². The zero-order chi connectivity index (χ0) is 28.9. The Hall–Kier alpha value is -3.77. The second-order valence-electron chi connectivity index (χ2n) is 11.8. The molecule has 0 aromatic heterocycles. The van der Waals surface area contributed by atoms with Gasteiger partial charge in [-0.05, 0) is 104 Å². The van der Waals surface area contributed by atoms with E-state index < -0.39 is 6.23 Å². The molecular weight excluding hydrogens is 510 g/mol. The molecule has 2 fully saturated rings. The number of nitrogens with zero attached hydrogens (tertiary/aromatic N) is 1. The highest BCUT2D eigenvalue weighted by Gasteiger charge is 2.35. The van der Waals surface area contributed by atoms with Crippen molar-refractivity contribution < 1.29 is 14.6 Å². The van der Waals surface area contributed by atoms with E-state index in [0.29, 0.717) is 12.3 Å². The number of nitrogens with one attached hydrogen (secondary N) is 1. The third kappa shape index (κ3) is 7.31. The minimum atomic E-state index is -0.629. The average molecular weight is 554 g/mol. The van der Waals surface area contributed by atoms with Gasteiger partial charge in [-0.3, -0.25) is 0 Å². The summed E-state index contributed by atoms with van der Waals surface area (Å²) in [5.74, 6) is 1.03. The van der Waals surface area contributed by atoms with Crippen LogP contribution in [0, 0.1) is 19.8 Å². The number of carbonyl (C=O) groups is 1. The van der Waals surface area contributed by atoms with E-state index in [1.807, 2.05) is 74.2 Å². The summed E-state index contributed by atoms with van der Waals surface area (Å²) in [4.78, 5) is 15.0. The molecule has 2 aliphatic carbocycles. The van der Waals surface area contributed by atoms with Crippen molar-refractivity contribution in [3.63, 3.8) is 0 Å². The van der Waals surface area contributed by atoms with Gasteiger partial charge in [0, 0.05) is 29.9 Å². The lowest BCUT2D eigenvalue weighted by Gasteiger charge is -2.36. The van der Waals surface area contributed by atoms with Gasteiger partial charge < -0.3 is 25.8 Å². The smallest absolute Gasteiger partial charge is 0.410 e. The van der Waals surface area contributed by atoms with Gasteiger partial charge >= 0.3 is 6.09 Å². The Bertz CT molecular complexity index is 1360. The second-order valence-corrected chi connectivity index (χ2v) is 11.8. The zero-order valence-electron chi connectivity index (χ0n) is 24.5. The molecule has 0 radical (unpaired) electrons. The highest BCUT2D eigenvalue weighted by molar-refractivity contribution is 5.72. The van der Waals surface area contributed by atoms with E-state index in [2.05, 4.69) is 29.6 Å². The number of allylic oxidation sites excluding steroid dienone is 1.